The van der Waals surface area contributed by atoms with E-state index in [0.29, 0.717) is 11.8 Å². The van der Waals surface area contributed by atoms with Crippen LogP contribution < -0.4 is 0 Å². The molecule has 0 saturated carbocycles. The number of sulfone groups is 1. The van der Waals surface area contributed by atoms with Gasteiger partial charge in [-0.05, 0) is 25.8 Å². The van der Waals surface area contributed by atoms with E-state index in [2.05, 4.69) is 34.7 Å². The van der Waals surface area contributed by atoms with Crippen LogP contribution in [-0.2, 0) is 9.84 Å². The summed E-state index contributed by atoms with van der Waals surface area (Å²) in [6, 6.07) is 0.581. The number of nitrogens with zero attached hydrogens (tertiary/aromatic N) is 1. The first-order valence-electron chi connectivity index (χ1n) is 5.92. The van der Waals surface area contributed by atoms with Crippen molar-refractivity contribution in [3.05, 3.63) is 0 Å². The average molecular weight is 314 g/mol. The second kappa shape index (κ2) is 8.48. The predicted molar refractivity (Wildman–Crippen MR) is 74.1 cm³/mol. The van der Waals surface area contributed by atoms with Crippen molar-refractivity contribution in [3.63, 3.8) is 0 Å². The van der Waals surface area contributed by atoms with Gasteiger partial charge in [0.2, 0.25) is 0 Å². The van der Waals surface area contributed by atoms with E-state index in [1.807, 2.05) is 0 Å². The zero-order valence-electron chi connectivity index (χ0n) is 10.6. The Morgan fingerprint density at radius 2 is 1.75 bits per heavy atom. The largest absolute Gasteiger partial charge is 0.300 e. The lowest BCUT2D eigenvalue weighted by atomic mass is 10.1. The molecule has 0 spiro atoms. The molecule has 0 aromatic heterocycles. The Morgan fingerprint density at radius 3 is 2.12 bits per heavy atom. The third-order valence-corrected chi connectivity index (χ3v) is 4.18. The maximum absolute atomic E-state index is 11.1. The van der Waals surface area contributed by atoms with E-state index >= 15 is 0 Å². The molecule has 0 fully saturated rings. The first-order valence-corrected chi connectivity index (χ1v) is 9.10. The van der Waals surface area contributed by atoms with Crippen LogP contribution >= 0.6 is 15.9 Å². The van der Waals surface area contributed by atoms with E-state index < -0.39 is 9.84 Å². The minimum Gasteiger partial charge on any atom is -0.300 e. The maximum atomic E-state index is 11.1. The molecule has 0 unspecified atom stereocenters. The van der Waals surface area contributed by atoms with E-state index in [1.165, 1.54) is 6.26 Å². The minimum atomic E-state index is -2.81. The van der Waals surface area contributed by atoms with Crippen LogP contribution in [0.5, 0.6) is 0 Å². The molecule has 3 nitrogen and oxygen atoms in total. The Labute approximate surface area is 109 Å². The molecule has 0 aromatic carbocycles. The third kappa shape index (κ3) is 7.63. The molecule has 0 atom stereocenters. The predicted octanol–water partition coefficient (Wildman–Crippen LogP) is 2.31. The lowest BCUT2D eigenvalue weighted by molar-refractivity contribution is 0.198. The summed E-state index contributed by atoms with van der Waals surface area (Å²) in [4.78, 5) is 2.39. The van der Waals surface area contributed by atoms with Gasteiger partial charge >= 0.3 is 0 Å². The molecule has 98 valence electrons. The van der Waals surface area contributed by atoms with Gasteiger partial charge in [0.25, 0.3) is 0 Å². The monoisotopic (exact) mass is 313 g/mol. The quantitative estimate of drug-likeness (QED) is 0.613. The molecule has 0 N–H and O–H groups in total. The van der Waals surface area contributed by atoms with E-state index in [4.69, 9.17) is 0 Å². The van der Waals surface area contributed by atoms with Gasteiger partial charge in [-0.3, -0.25) is 4.90 Å². The minimum absolute atomic E-state index is 0.298. The highest BCUT2D eigenvalue weighted by molar-refractivity contribution is 9.09. The van der Waals surface area contributed by atoms with Crippen molar-refractivity contribution in [2.75, 3.05) is 30.4 Å². The molecule has 0 aliphatic rings. The van der Waals surface area contributed by atoms with Crippen LogP contribution in [-0.4, -0.2) is 49.8 Å². The van der Waals surface area contributed by atoms with Gasteiger partial charge in [-0.2, -0.15) is 0 Å². The third-order valence-electron chi connectivity index (χ3n) is 2.79. The smallest absolute Gasteiger partial charge is 0.147 e. The standard InChI is InChI=1S/C11H24BrNO2S/c1-4-11(5-2)13(9-7-12)8-6-10-16(3,14)15/h11H,4-10H2,1-3H3. The molecule has 5 heteroatoms. The van der Waals surface area contributed by atoms with Gasteiger partial charge in [-0.15, -0.1) is 0 Å². The average Bonchev–Trinajstić information content (AvgIpc) is 2.17. The normalized spacial score (nSPS) is 12.6. The van der Waals surface area contributed by atoms with E-state index in [-0.39, 0.29) is 0 Å². The Morgan fingerprint density at radius 1 is 1.19 bits per heavy atom. The van der Waals surface area contributed by atoms with Gasteiger partial charge in [0.15, 0.2) is 0 Å². The zero-order chi connectivity index (χ0) is 12.6. The van der Waals surface area contributed by atoms with Gasteiger partial charge in [0.05, 0.1) is 5.75 Å². The SMILES string of the molecule is CCC(CC)N(CCBr)CCCS(C)(=O)=O. The molecule has 0 heterocycles. The van der Waals surface area contributed by atoms with Crippen molar-refractivity contribution in [1.29, 1.82) is 0 Å². The number of alkyl halides is 1. The van der Waals surface area contributed by atoms with Gasteiger partial charge in [-0.25, -0.2) is 8.42 Å². The van der Waals surface area contributed by atoms with Crippen LogP contribution in [0, 0.1) is 0 Å². The second-order valence-corrected chi connectivity index (χ2v) is 7.23. The first kappa shape index (κ1) is 16.4. The fourth-order valence-corrected chi connectivity index (χ4v) is 3.03. The Kier molecular flexibility index (Phi) is 8.68. The summed E-state index contributed by atoms with van der Waals surface area (Å²) in [7, 11) is -2.81. The van der Waals surface area contributed by atoms with Crippen molar-refractivity contribution in [3.8, 4) is 0 Å². The van der Waals surface area contributed by atoms with E-state index in [9.17, 15) is 8.42 Å². The van der Waals surface area contributed by atoms with Crippen molar-refractivity contribution >= 4 is 25.8 Å². The van der Waals surface area contributed by atoms with Crippen molar-refractivity contribution < 1.29 is 8.42 Å². The highest BCUT2D eigenvalue weighted by Gasteiger charge is 2.14. The van der Waals surface area contributed by atoms with Crippen molar-refractivity contribution in [1.82, 2.24) is 4.90 Å². The molecule has 0 radical (unpaired) electrons. The molecule has 0 aliphatic heterocycles. The van der Waals surface area contributed by atoms with Crippen LogP contribution in [0.3, 0.4) is 0 Å². The molecular formula is C11H24BrNO2S. The Hall–Kier alpha value is 0.390. The van der Waals surface area contributed by atoms with Crippen molar-refractivity contribution in [2.45, 2.75) is 39.2 Å². The highest BCUT2D eigenvalue weighted by Crippen LogP contribution is 2.10. The summed E-state index contributed by atoms with van der Waals surface area (Å²) < 4.78 is 22.1. The van der Waals surface area contributed by atoms with Crippen LogP contribution in [0.4, 0.5) is 0 Å². The molecule has 0 aromatic rings. The molecule has 0 rings (SSSR count). The summed E-state index contributed by atoms with van der Waals surface area (Å²) in [6.07, 6.45) is 4.30. The number of hydrogen-bond donors (Lipinski definition) is 0. The second-order valence-electron chi connectivity index (χ2n) is 4.18. The number of halogens is 1. The van der Waals surface area contributed by atoms with Crippen LogP contribution in [0.15, 0.2) is 0 Å². The zero-order valence-corrected chi connectivity index (χ0v) is 13.0. The van der Waals surface area contributed by atoms with Crippen molar-refractivity contribution in [2.24, 2.45) is 0 Å². The maximum Gasteiger partial charge on any atom is 0.147 e. The Balaban J connectivity index is 4.12. The van der Waals surface area contributed by atoms with Gasteiger partial charge in [0.1, 0.15) is 9.84 Å². The summed E-state index contributed by atoms with van der Waals surface area (Å²) >= 11 is 3.45. The van der Waals surface area contributed by atoms with Gasteiger partial charge < -0.3 is 0 Å². The van der Waals surface area contributed by atoms with Crippen LogP contribution in [0.2, 0.25) is 0 Å². The summed E-state index contributed by atoms with van der Waals surface area (Å²) in [5.74, 6) is 0.298. The van der Waals surface area contributed by atoms with Gasteiger partial charge in [-0.1, -0.05) is 29.8 Å². The van der Waals surface area contributed by atoms with Gasteiger partial charge in [0, 0.05) is 24.2 Å². The van der Waals surface area contributed by atoms with Crippen LogP contribution in [0.25, 0.3) is 0 Å². The molecule has 0 bridgehead atoms. The summed E-state index contributed by atoms with van der Waals surface area (Å²) in [5.41, 5.74) is 0. The molecule has 0 amide bonds. The first-order chi connectivity index (χ1) is 7.44. The van der Waals surface area contributed by atoms with E-state index in [1.54, 1.807) is 0 Å². The van der Waals surface area contributed by atoms with E-state index in [0.717, 1.165) is 37.7 Å². The topological polar surface area (TPSA) is 37.4 Å². The lowest BCUT2D eigenvalue weighted by Crippen LogP contribution is -2.37. The number of hydrogen-bond acceptors (Lipinski definition) is 3. The molecular weight excluding hydrogens is 290 g/mol. The molecule has 0 saturated heterocycles. The molecule has 16 heavy (non-hydrogen) atoms. The van der Waals surface area contributed by atoms with Crippen LogP contribution in [0.1, 0.15) is 33.1 Å². The fourth-order valence-electron chi connectivity index (χ4n) is 1.92. The Bertz CT molecular complexity index is 263. The number of rotatable bonds is 9. The summed E-state index contributed by atoms with van der Waals surface area (Å²) in [5, 5.41) is 0.947. The summed E-state index contributed by atoms with van der Waals surface area (Å²) in [6.45, 7) is 6.25. The lowest BCUT2D eigenvalue weighted by Gasteiger charge is -2.29. The highest BCUT2D eigenvalue weighted by atomic mass is 79.9. The molecule has 0 aliphatic carbocycles. The fraction of sp³-hybridized carbons (Fsp3) is 1.00.